The maximum Gasteiger partial charge on any atom is 0.498 e. The molecule has 0 N–H and O–H groups in total. The van der Waals surface area contributed by atoms with Gasteiger partial charge in [0.1, 0.15) is 17.8 Å². The second-order valence-corrected chi connectivity index (χ2v) is 5.77. The highest BCUT2D eigenvalue weighted by molar-refractivity contribution is 5.76. The molecule has 0 bridgehead atoms. The van der Waals surface area contributed by atoms with E-state index in [4.69, 9.17) is 0 Å². The van der Waals surface area contributed by atoms with Crippen molar-refractivity contribution >= 4 is 10.9 Å². The van der Waals surface area contributed by atoms with Crippen LogP contribution in [0.2, 0.25) is 0 Å². The van der Waals surface area contributed by atoms with Gasteiger partial charge in [0.05, 0.1) is 12.4 Å². The average Bonchev–Trinajstić information content (AvgIpc) is 2.44. The predicted molar refractivity (Wildman–Crippen MR) is 76.1 cm³/mol. The van der Waals surface area contributed by atoms with Crippen LogP contribution in [-0.2, 0) is 7.05 Å². The van der Waals surface area contributed by atoms with Crippen LogP contribution >= 0.6 is 0 Å². The normalized spacial score (nSPS) is 23.7. The Kier molecular flexibility index (Phi) is 3.13. The minimum absolute atomic E-state index is 0.109. The molecule has 0 spiro atoms. The molecule has 1 aromatic heterocycles. The van der Waals surface area contributed by atoms with Crippen molar-refractivity contribution in [1.29, 1.82) is 0 Å². The van der Waals surface area contributed by atoms with Crippen LogP contribution in [0.25, 0.3) is 10.9 Å². The quantitative estimate of drug-likeness (QED) is 0.721. The summed E-state index contributed by atoms with van der Waals surface area (Å²) in [5, 5.41) is 1.14. The van der Waals surface area contributed by atoms with Gasteiger partial charge in [-0.3, -0.25) is 0 Å². The molecule has 2 atom stereocenters. The van der Waals surface area contributed by atoms with E-state index < -0.39 is 0 Å². The molecule has 19 heavy (non-hydrogen) atoms. The van der Waals surface area contributed by atoms with Crippen molar-refractivity contribution in [2.24, 2.45) is 13.0 Å². The summed E-state index contributed by atoms with van der Waals surface area (Å²) >= 11 is 0. The Labute approximate surface area is 113 Å². The van der Waals surface area contributed by atoms with E-state index in [0.29, 0.717) is 12.0 Å². The molecule has 0 aliphatic heterocycles. The molecule has 0 radical (unpaired) electrons. The van der Waals surface area contributed by atoms with Gasteiger partial charge in [0.2, 0.25) is 0 Å². The highest BCUT2D eigenvalue weighted by atomic mass is 16.1. The molecular formula is C16H21N2O+. The molecule has 0 saturated heterocycles. The summed E-state index contributed by atoms with van der Waals surface area (Å²) in [5.74, 6) is 0.590. The Balaban J connectivity index is 2.18. The average molecular weight is 257 g/mol. The Morgan fingerprint density at radius 2 is 1.95 bits per heavy atom. The molecule has 2 aromatic rings. The van der Waals surface area contributed by atoms with Crippen molar-refractivity contribution in [1.82, 2.24) is 4.57 Å². The van der Waals surface area contributed by atoms with E-state index in [-0.39, 0.29) is 5.69 Å². The van der Waals surface area contributed by atoms with Gasteiger partial charge in [-0.1, -0.05) is 25.5 Å². The molecule has 1 aliphatic carbocycles. The predicted octanol–water partition coefficient (Wildman–Crippen LogP) is 2.58. The number of para-hydroxylation sites is 1. The van der Waals surface area contributed by atoms with Crippen LogP contribution in [0, 0.1) is 5.92 Å². The lowest BCUT2D eigenvalue weighted by atomic mass is 9.86. The van der Waals surface area contributed by atoms with Crippen LogP contribution in [0.1, 0.15) is 38.6 Å². The monoisotopic (exact) mass is 257 g/mol. The van der Waals surface area contributed by atoms with Crippen molar-refractivity contribution in [3.63, 3.8) is 0 Å². The van der Waals surface area contributed by atoms with Crippen molar-refractivity contribution in [2.75, 3.05) is 0 Å². The maximum absolute atomic E-state index is 12.6. The maximum atomic E-state index is 12.6. The molecule has 1 aromatic carbocycles. The van der Waals surface area contributed by atoms with E-state index in [1.165, 1.54) is 19.3 Å². The first-order valence-electron chi connectivity index (χ1n) is 7.18. The topological polar surface area (TPSA) is 25.9 Å². The fourth-order valence-corrected chi connectivity index (χ4v) is 3.33. The Bertz CT molecular complexity index is 659. The fraction of sp³-hybridized carbons (Fsp3) is 0.500. The molecule has 1 heterocycles. The van der Waals surface area contributed by atoms with E-state index in [1.807, 2.05) is 36.0 Å². The number of benzene rings is 1. The zero-order valence-corrected chi connectivity index (χ0v) is 11.7. The summed E-state index contributed by atoms with van der Waals surface area (Å²) in [6, 6.07) is 8.46. The third-order valence-corrected chi connectivity index (χ3v) is 4.51. The van der Waals surface area contributed by atoms with Crippen LogP contribution < -0.4 is 10.3 Å². The zero-order valence-electron chi connectivity index (χ0n) is 11.7. The number of aromatic nitrogens is 2. The van der Waals surface area contributed by atoms with Crippen molar-refractivity contribution in [3.8, 4) is 0 Å². The number of nitrogens with zero attached hydrogens (tertiary/aromatic N) is 2. The lowest BCUT2D eigenvalue weighted by Gasteiger charge is -2.26. The summed E-state index contributed by atoms with van der Waals surface area (Å²) in [6.45, 7) is 2.27. The molecule has 3 rings (SSSR count). The van der Waals surface area contributed by atoms with E-state index >= 15 is 0 Å². The zero-order chi connectivity index (χ0) is 13.4. The smallest absolute Gasteiger partial charge is 0.197 e. The first kappa shape index (κ1) is 12.4. The fourth-order valence-electron chi connectivity index (χ4n) is 3.33. The van der Waals surface area contributed by atoms with Crippen LogP contribution in [0.3, 0.4) is 0 Å². The standard InChI is InChI=1S/C16H21N2O/c1-12-7-3-5-9-14(12)18-11-13-8-4-6-10-15(13)17(2)16(18)19/h4,6,8,10-12,14H,3,5,7,9H2,1-2H3/q+1. The molecule has 1 saturated carbocycles. The number of rotatable bonds is 1. The number of fused-ring (bicyclic) bond motifs is 1. The van der Waals surface area contributed by atoms with Gasteiger partial charge in [0.25, 0.3) is 0 Å². The minimum atomic E-state index is 0.109. The number of hydrogen-bond acceptors (Lipinski definition) is 1. The van der Waals surface area contributed by atoms with Crippen molar-refractivity contribution < 1.29 is 4.57 Å². The summed E-state index contributed by atoms with van der Waals surface area (Å²) in [7, 11) is 1.87. The summed E-state index contributed by atoms with van der Waals surface area (Å²) in [4.78, 5) is 12.6. The second-order valence-electron chi connectivity index (χ2n) is 5.77. The van der Waals surface area contributed by atoms with Gasteiger partial charge in [-0.25, -0.2) is 0 Å². The molecule has 1 fully saturated rings. The Hall–Kier alpha value is -1.64. The molecule has 0 amide bonds. The molecular weight excluding hydrogens is 236 g/mol. The molecule has 3 nitrogen and oxygen atoms in total. The van der Waals surface area contributed by atoms with Gasteiger partial charge >= 0.3 is 5.69 Å². The number of hydrogen-bond donors (Lipinski definition) is 0. The Morgan fingerprint density at radius 1 is 1.21 bits per heavy atom. The highest BCUT2D eigenvalue weighted by Gasteiger charge is 2.29. The minimum Gasteiger partial charge on any atom is -0.197 e. The van der Waals surface area contributed by atoms with Gasteiger partial charge in [0.15, 0.2) is 0 Å². The third-order valence-electron chi connectivity index (χ3n) is 4.51. The van der Waals surface area contributed by atoms with Crippen LogP contribution in [0.4, 0.5) is 0 Å². The van der Waals surface area contributed by atoms with Crippen LogP contribution in [0.5, 0.6) is 0 Å². The van der Waals surface area contributed by atoms with E-state index in [2.05, 4.69) is 13.0 Å². The van der Waals surface area contributed by atoms with Gasteiger partial charge in [-0.15, -0.1) is 0 Å². The van der Waals surface area contributed by atoms with Crippen molar-refractivity contribution in [2.45, 2.75) is 38.6 Å². The molecule has 1 aliphatic rings. The number of aryl methyl sites for hydroxylation is 1. The Morgan fingerprint density at radius 3 is 2.74 bits per heavy atom. The lowest BCUT2D eigenvalue weighted by molar-refractivity contribution is -0.747. The van der Waals surface area contributed by atoms with Crippen LogP contribution in [-0.4, -0.2) is 4.57 Å². The first-order valence-corrected chi connectivity index (χ1v) is 7.18. The first-order chi connectivity index (χ1) is 9.18. The van der Waals surface area contributed by atoms with Gasteiger partial charge in [-0.05, 0) is 37.3 Å². The van der Waals surface area contributed by atoms with Gasteiger partial charge in [-0.2, -0.15) is 13.9 Å². The highest BCUT2D eigenvalue weighted by Crippen LogP contribution is 2.29. The summed E-state index contributed by atoms with van der Waals surface area (Å²) in [5.41, 5.74) is 1.12. The molecule has 100 valence electrons. The summed E-state index contributed by atoms with van der Waals surface area (Å²) < 4.78 is 3.74. The SMILES string of the molecule is CC1CCCCC1[n+]1cc2ccccc2n(C)c1=O. The molecule has 2 unspecified atom stereocenters. The van der Waals surface area contributed by atoms with E-state index in [0.717, 1.165) is 17.3 Å². The third kappa shape index (κ3) is 2.07. The molecule has 3 heteroatoms. The van der Waals surface area contributed by atoms with E-state index in [1.54, 1.807) is 4.57 Å². The van der Waals surface area contributed by atoms with Gasteiger partial charge in [0, 0.05) is 0 Å². The van der Waals surface area contributed by atoms with Gasteiger partial charge < -0.3 is 0 Å². The van der Waals surface area contributed by atoms with Crippen LogP contribution in [0.15, 0.2) is 35.3 Å². The summed E-state index contributed by atoms with van der Waals surface area (Å²) in [6.07, 6.45) is 6.93. The largest absolute Gasteiger partial charge is 0.498 e. The lowest BCUT2D eigenvalue weighted by Crippen LogP contribution is -2.58. The van der Waals surface area contributed by atoms with E-state index in [9.17, 15) is 4.79 Å². The van der Waals surface area contributed by atoms with Crippen molar-refractivity contribution in [3.05, 3.63) is 40.9 Å². The second kappa shape index (κ2) is 4.80.